The Labute approximate surface area is 130 Å². The van der Waals surface area contributed by atoms with Gasteiger partial charge in [-0.25, -0.2) is 0 Å². The number of amides is 1. The Bertz CT molecular complexity index is 610. The van der Waals surface area contributed by atoms with Gasteiger partial charge in [-0.2, -0.15) is 0 Å². The van der Waals surface area contributed by atoms with Crippen molar-refractivity contribution in [2.45, 2.75) is 25.8 Å². The third kappa shape index (κ3) is 5.12. The molecule has 0 bridgehead atoms. The van der Waals surface area contributed by atoms with Crippen LogP contribution in [0.4, 0.5) is 5.69 Å². The first-order valence-corrected chi connectivity index (χ1v) is 7.29. The van der Waals surface area contributed by atoms with Gasteiger partial charge in [0.1, 0.15) is 0 Å². The summed E-state index contributed by atoms with van der Waals surface area (Å²) in [6, 6.07) is 15.1. The molecule has 21 heavy (non-hydrogen) atoms. The number of nitrogens with one attached hydrogen (secondary N) is 1. The molecule has 0 saturated heterocycles. The number of nitrogens with two attached hydrogens (primary N) is 1. The molecule has 1 unspecified atom stereocenters. The van der Waals surface area contributed by atoms with E-state index in [0.29, 0.717) is 12.1 Å². The molecule has 2 aromatic rings. The Morgan fingerprint density at radius 3 is 2.57 bits per heavy atom. The molecule has 0 aliphatic heterocycles. The largest absolute Gasteiger partial charge is 0.399 e. The predicted molar refractivity (Wildman–Crippen MR) is 87.3 cm³/mol. The molecular weight excluding hydrogens is 284 g/mol. The topological polar surface area (TPSA) is 55.1 Å². The van der Waals surface area contributed by atoms with Crippen LogP contribution in [0.25, 0.3) is 0 Å². The first-order valence-electron chi connectivity index (χ1n) is 6.91. The van der Waals surface area contributed by atoms with Crippen molar-refractivity contribution in [1.29, 1.82) is 0 Å². The van der Waals surface area contributed by atoms with Gasteiger partial charge in [-0.1, -0.05) is 35.9 Å². The van der Waals surface area contributed by atoms with Gasteiger partial charge in [-0.05, 0) is 48.7 Å². The minimum absolute atomic E-state index is 0.00191. The van der Waals surface area contributed by atoms with Crippen LogP contribution in [0.2, 0.25) is 5.02 Å². The molecule has 2 aromatic carbocycles. The number of hydrogen-bond acceptors (Lipinski definition) is 2. The van der Waals surface area contributed by atoms with E-state index >= 15 is 0 Å². The third-order valence-electron chi connectivity index (χ3n) is 3.18. The fourth-order valence-corrected chi connectivity index (χ4v) is 2.37. The van der Waals surface area contributed by atoms with Crippen molar-refractivity contribution >= 4 is 23.2 Å². The zero-order valence-corrected chi connectivity index (χ0v) is 12.7. The molecule has 1 amide bonds. The van der Waals surface area contributed by atoms with Crippen LogP contribution >= 0.6 is 11.6 Å². The maximum absolute atomic E-state index is 12.0. The van der Waals surface area contributed by atoms with E-state index in [1.165, 1.54) is 0 Å². The van der Waals surface area contributed by atoms with Gasteiger partial charge in [0.05, 0.1) is 6.42 Å². The van der Waals surface area contributed by atoms with Crippen LogP contribution in [0, 0.1) is 0 Å². The smallest absolute Gasteiger partial charge is 0.224 e. The average Bonchev–Trinajstić information content (AvgIpc) is 2.41. The second kappa shape index (κ2) is 7.14. The van der Waals surface area contributed by atoms with Crippen molar-refractivity contribution in [2.75, 3.05) is 5.73 Å². The van der Waals surface area contributed by atoms with E-state index in [1.807, 2.05) is 55.5 Å². The average molecular weight is 303 g/mol. The van der Waals surface area contributed by atoms with Crippen LogP contribution in [0.15, 0.2) is 48.5 Å². The summed E-state index contributed by atoms with van der Waals surface area (Å²) in [4.78, 5) is 12.0. The molecule has 2 rings (SSSR count). The highest BCUT2D eigenvalue weighted by atomic mass is 35.5. The summed E-state index contributed by atoms with van der Waals surface area (Å²) in [7, 11) is 0. The van der Waals surface area contributed by atoms with E-state index in [4.69, 9.17) is 17.3 Å². The minimum atomic E-state index is 0.00191. The third-order valence-corrected chi connectivity index (χ3v) is 3.43. The first kappa shape index (κ1) is 15.4. The highest BCUT2D eigenvalue weighted by Crippen LogP contribution is 2.11. The second-order valence-electron chi connectivity index (χ2n) is 5.22. The molecule has 3 N–H and O–H groups in total. The standard InChI is InChI=1S/C17H19ClN2O/c1-12(9-13-5-7-15(18)8-6-13)20-17(21)11-14-3-2-4-16(19)10-14/h2-8,10,12H,9,11,19H2,1H3,(H,20,21). The number of carbonyl (C=O) groups is 1. The lowest BCUT2D eigenvalue weighted by Crippen LogP contribution is -2.35. The van der Waals surface area contributed by atoms with Crippen molar-refractivity contribution in [3.63, 3.8) is 0 Å². The van der Waals surface area contributed by atoms with Crippen LogP contribution in [-0.4, -0.2) is 11.9 Å². The molecule has 0 aliphatic rings. The SMILES string of the molecule is CC(Cc1ccc(Cl)cc1)NC(=O)Cc1cccc(N)c1. The van der Waals surface area contributed by atoms with Gasteiger partial charge in [0, 0.05) is 16.8 Å². The lowest BCUT2D eigenvalue weighted by molar-refractivity contribution is -0.121. The second-order valence-corrected chi connectivity index (χ2v) is 5.66. The van der Waals surface area contributed by atoms with E-state index in [1.54, 1.807) is 0 Å². The Kier molecular flexibility index (Phi) is 5.23. The Morgan fingerprint density at radius 2 is 1.90 bits per heavy atom. The van der Waals surface area contributed by atoms with E-state index < -0.39 is 0 Å². The van der Waals surface area contributed by atoms with Crippen molar-refractivity contribution < 1.29 is 4.79 Å². The molecule has 0 radical (unpaired) electrons. The lowest BCUT2D eigenvalue weighted by Gasteiger charge is -2.14. The Balaban J connectivity index is 1.86. The van der Waals surface area contributed by atoms with Crippen LogP contribution in [0.3, 0.4) is 0 Å². The van der Waals surface area contributed by atoms with Crippen molar-refractivity contribution in [1.82, 2.24) is 5.32 Å². The molecule has 0 aromatic heterocycles. The molecule has 0 fully saturated rings. The van der Waals surface area contributed by atoms with Crippen molar-refractivity contribution in [2.24, 2.45) is 0 Å². The first-order chi connectivity index (χ1) is 10.0. The van der Waals surface area contributed by atoms with Crippen molar-refractivity contribution in [3.05, 3.63) is 64.7 Å². The Morgan fingerprint density at radius 1 is 1.19 bits per heavy atom. The number of rotatable bonds is 5. The zero-order chi connectivity index (χ0) is 15.2. The maximum Gasteiger partial charge on any atom is 0.224 e. The van der Waals surface area contributed by atoms with E-state index in [0.717, 1.165) is 22.6 Å². The number of nitrogen functional groups attached to an aromatic ring is 1. The molecule has 3 nitrogen and oxygen atoms in total. The summed E-state index contributed by atoms with van der Waals surface area (Å²) < 4.78 is 0. The molecule has 110 valence electrons. The highest BCUT2D eigenvalue weighted by molar-refractivity contribution is 6.30. The van der Waals surface area contributed by atoms with Gasteiger partial charge < -0.3 is 11.1 Å². The lowest BCUT2D eigenvalue weighted by atomic mass is 10.1. The molecule has 0 heterocycles. The summed E-state index contributed by atoms with van der Waals surface area (Å²) in [6.07, 6.45) is 1.12. The number of carbonyl (C=O) groups excluding carboxylic acids is 1. The fourth-order valence-electron chi connectivity index (χ4n) is 2.24. The number of anilines is 1. The van der Waals surface area contributed by atoms with Crippen LogP contribution in [0.5, 0.6) is 0 Å². The predicted octanol–water partition coefficient (Wildman–Crippen LogP) is 3.21. The van der Waals surface area contributed by atoms with E-state index in [9.17, 15) is 4.79 Å². The quantitative estimate of drug-likeness (QED) is 0.833. The summed E-state index contributed by atoms with van der Waals surface area (Å²) in [5.74, 6) is 0.00191. The molecule has 0 spiro atoms. The fraction of sp³-hybridized carbons (Fsp3) is 0.235. The van der Waals surface area contributed by atoms with Gasteiger partial charge in [0.2, 0.25) is 5.91 Å². The van der Waals surface area contributed by atoms with Crippen molar-refractivity contribution in [3.8, 4) is 0 Å². The maximum atomic E-state index is 12.0. The van der Waals surface area contributed by atoms with Gasteiger partial charge in [0.25, 0.3) is 0 Å². The molecule has 0 saturated carbocycles. The van der Waals surface area contributed by atoms with Gasteiger partial charge >= 0.3 is 0 Å². The summed E-state index contributed by atoms with van der Waals surface area (Å²) in [5.41, 5.74) is 8.45. The van der Waals surface area contributed by atoms with Crippen LogP contribution in [0.1, 0.15) is 18.1 Å². The number of hydrogen-bond donors (Lipinski definition) is 2. The monoisotopic (exact) mass is 302 g/mol. The van der Waals surface area contributed by atoms with E-state index in [2.05, 4.69) is 5.32 Å². The normalized spacial score (nSPS) is 11.9. The zero-order valence-electron chi connectivity index (χ0n) is 12.0. The molecule has 4 heteroatoms. The minimum Gasteiger partial charge on any atom is -0.399 e. The highest BCUT2D eigenvalue weighted by Gasteiger charge is 2.09. The summed E-state index contributed by atoms with van der Waals surface area (Å²) in [6.45, 7) is 1.99. The van der Waals surface area contributed by atoms with E-state index in [-0.39, 0.29) is 11.9 Å². The van der Waals surface area contributed by atoms with Gasteiger partial charge in [0.15, 0.2) is 0 Å². The number of halogens is 1. The molecule has 0 aliphatic carbocycles. The molecule has 1 atom stereocenters. The molecular formula is C17H19ClN2O. The summed E-state index contributed by atoms with van der Waals surface area (Å²) in [5, 5.41) is 3.72. The van der Waals surface area contributed by atoms with Gasteiger partial charge in [-0.15, -0.1) is 0 Å². The van der Waals surface area contributed by atoms with Gasteiger partial charge in [-0.3, -0.25) is 4.79 Å². The number of benzene rings is 2. The summed E-state index contributed by atoms with van der Waals surface area (Å²) >= 11 is 5.86. The van der Waals surface area contributed by atoms with Crippen LogP contribution < -0.4 is 11.1 Å². The van der Waals surface area contributed by atoms with Crippen LogP contribution in [-0.2, 0) is 17.6 Å². The Hall–Kier alpha value is -2.00.